The molecule has 0 radical (unpaired) electrons. The van der Waals surface area contributed by atoms with Crippen molar-refractivity contribution in [1.82, 2.24) is 0 Å². The monoisotopic (exact) mass is 278 g/mol. The van der Waals surface area contributed by atoms with E-state index in [4.69, 9.17) is 4.99 Å². The minimum atomic E-state index is 0.794. The summed E-state index contributed by atoms with van der Waals surface area (Å²) in [6.45, 7) is 8.32. The highest BCUT2D eigenvalue weighted by Crippen LogP contribution is 2.23. The fourth-order valence-corrected chi connectivity index (χ4v) is 2.35. The van der Waals surface area contributed by atoms with Gasteiger partial charge in [0.25, 0.3) is 0 Å². The molecular formula is C19H22N2. The van der Waals surface area contributed by atoms with Crippen molar-refractivity contribution in [2.75, 3.05) is 0 Å². The molecule has 2 aromatic carbocycles. The zero-order chi connectivity index (χ0) is 15.2. The normalized spacial score (nSPS) is 12.6. The molecule has 2 heteroatoms. The highest BCUT2D eigenvalue weighted by atomic mass is 14.8. The van der Waals surface area contributed by atoms with Crippen LogP contribution in [-0.4, -0.2) is 11.4 Å². The lowest BCUT2D eigenvalue weighted by Crippen LogP contribution is -2.00. The topological polar surface area (TPSA) is 24.7 Å². The van der Waals surface area contributed by atoms with Crippen molar-refractivity contribution in [3.8, 4) is 0 Å². The summed E-state index contributed by atoms with van der Waals surface area (Å²) in [5.41, 5.74) is 6.68. The molecule has 0 spiro atoms. The summed E-state index contributed by atoms with van der Waals surface area (Å²) in [5.74, 6) is 0. The number of rotatable bonds is 4. The Morgan fingerprint density at radius 1 is 0.762 bits per heavy atom. The molecule has 0 atom stereocenters. The van der Waals surface area contributed by atoms with Gasteiger partial charge in [0.15, 0.2) is 0 Å². The number of nitrogens with zero attached hydrogens (tertiary/aromatic N) is 2. The molecule has 2 aromatic rings. The van der Waals surface area contributed by atoms with Crippen LogP contribution in [0.25, 0.3) is 0 Å². The van der Waals surface area contributed by atoms with E-state index in [9.17, 15) is 0 Å². The number of hydrogen-bond acceptors (Lipinski definition) is 2. The van der Waals surface area contributed by atoms with E-state index in [1.807, 2.05) is 30.3 Å². The van der Waals surface area contributed by atoms with Gasteiger partial charge in [0, 0.05) is 17.8 Å². The third-order valence-electron chi connectivity index (χ3n) is 3.33. The minimum absolute atomic E-state index is 0.794. The Hall–Kier alpha value is -2.22. The fourth-order valence-electron chi connectivity index (χ4n) is 2.35. The summed E-state index contributed by atoms with van der Waals surface area (Å²) in [7, 11) is 0. The fraction of sp³-hybridized carbons (Fsp3) is 0.263. The average molecular weight is 278 g/mol. The molecule has 0 saturated carbocycles. The molecule has 0 heterocycles. The first-order chi connectivity index (χ1) is 10.1. The van der Waals surface area contributed by atoms with Crippen molar-refractivity contribution in [2.24, 2.45) is 9.98 Å². The van der Waals surface area contributed by atoms with E-state index < -0.39 is 0 Å². The van der Waals surface area contributed by atoms with Gasteiger partial charge >= 0.3 is 0 Å². The van der Waals surface area contributed by atoms with Crippen LogP contribution in [-0.2, 0) is 0 Å². The molecule has 0 unspecified atom stereocenters. The number of hydrogen-bond donors (Lipinski definition) is 0. The Morgan fingerprint density at radius 3 is 1.95 bits per heavy atom. The standard InChI is InChI=1S/C19H22N2/c1-14-9-8-10-15(2)19(14)21-17(4)13-16(3)20-18-11-6-5-7-12-18/h5-12H,13H2,1-4H3/b20-16-,21-17+. The van der Waals surface area contributed by atoms with Crippen molar-refractivity contribution >= 4 is 22.8 Å². The van der Waals surface area contributed by atoms with Crippen molar-refractivity contribution in [3.05, 3.63) is 59.7 Å². The molecule has 108 valence electrons. The van der Waals surface area contributed by atoms with Crippen LogP contribution < -0.4 is 0 Å². The number of benzene rings is 2. The summed E-state index contributed by atoms with van der Waals surface area (Å²) >= 11 is 0. The molecule has 0 saturated heterocycles. The molecule has 0 fully saturated rings. The van der Waals surface area contributed by atoms with Crippen LogP contribution in [0.5, 0.6) is 0 Å². The van der Waals surface area contributed by atoms with Crippen molar-refractivity contribution in [1.29, 1.82) is 0 Å². The first-order valence-corrected chi connectivity index (χ1v) is 7.26. The Morgan fingerprint density at radius 2 is 1.33 bits per heavy atom. The summed E-state index contributed by atoms with van der Waals surface area (Å²) in [6, 6.07) is 16.3. The minimum Gasteiger partial charge on any atom is -0.258 e. The van der Waals surface area contributed by atoms with E-state index in [2.05, 4.69) is 50.9 Å². The Labute approximate surface area is 127 Å². The molecule has 2 nitrogen and oxygen atoms in total. The van der Waals surface area contributed by atoms with Crippen molar-refractivity contribution in [2.45, 2.75) is 34.1 Å². The Kier molecular flexibility index (Phi) is 5.04. The lowest BCUT2D eigenvalue weighted by Gasteiger charge is -2.07. The maximum atomic E-state index is 4.78. The summed E-state index contributed by atoms with van der Waals surface area (Å²) in [4.78, 5) is 9.40. The second-order valence-corrected chi connectivity index (χ2v) is 5.45. The van der Waals surface area contributed by atoms with E-state index in [1.165, 1.54) is 11.1 Å². The maximum absolute atomic E-state index is 4.78. The molecule has 0 N–H and O–H groups in total. The molecule has 0 bridgehead atoms. The smallest absolute Gasteiger partial charge is 0.0687 e. The van der Waals surface area contributed by atoms with E-state index in [1.54, 1.807) is 0 Å². The van der Waals surface area contributed by atoms with Crippen LogP contribution in [0.3, 0.4) is 0 Å². The average Bonchev–Trinajstić information content (AvgIpc) is 2.44. The first kappa shape index (κ1) is 15.2. The highest BCUT2D eigenvalue weighted by molar-refractivity contribution is 6.04. The van der Waals surface area contributed by atoms with E-state index in [0.29, 0.717) is 0 Å². The van der Waals surface area contributed by atoms with Gasteiger partial charge in [-0.25, -0.2) is 0 Å². The number of para-hydroxylation sites is 2. The lowest BCUT2D eigenvalue weighted by molar-refractivity contribution is 1.30. The van der Waals surface area contributed by atoms with Gasteiger partial charge in [0.1, 0.15) is 0 Å². The maximum Gasteiger partial charge on any atom is 0.0687 e. The molecule has 0 aliphatic heterocycles. The van der Waals surface area contributed by atoms with Gasteiger partial charge in [-0.15, -0.1) is 0 Å². The molecule has 0 amide bonds. The second kappa shape index (κ2) is 6.98. The largest absolute Gasteiger partial charge is 0.258 e. The van der Waals surface area contributed by atoms with E-state index in [0.717, 1.165) is 29.2 Å². The van der Waals surface area contributed by atoms with Gasteiger partial charge in [-0.1, -0.05) is 36.4 Å². The predicted octanol–water partition coefficient (Wildman–Crippen LogP) is 5.58. The Bertz CT molecular complexity index is 647. The van der Waals surface area contributed by atoms with Crippen LogP contribution >= 0.6 is 0 Å². The summed E-state index contributed by atoms with van der Waals surface area (Å²) < 4.78 is 0. The first-order valence-electron chi connectivity index (χ1n) is 7.26. The highest BCUT2D eigenvalue weighted by Gasteiger charge is 2.02. The Balaban J connectivity index is 2.16. The van der Waals surface area contributed by atoms with E-state index >= 15 is 0 Å². The summed E-state index contributed by atoms with van der Waals surface area (Å²) in [5, 5.41) is 0. The van der Waals surface area contributed by atoms with Crippen LogP contribution in [0.15, 0.2) is 58.5 Å². The van der Waals surface area contributed by atoms with Gasteiger partial charge < -0.3 is 0 Å². The van der Waals surface area contributed by atoms with Crippen LogP contribution in [0.1, 0.15) is 31.4 Å². The predicted molar refractivity (Wildman–Crippen MR) is 92.5 cm³/mol. The molecule has 0 aliphatic carbocycles. The lowest BCUT2D eigenvalue weighted by atomic mass is 10.1. The molecule has 0 aliphatic rings. The van der Waals surface area contributed by atoms with Gasteiger partial charge in [0.2, 0.25) is 0 Å². The van der Waals surface area contributed by atoms with Gasteiger partial charge in [-0.05, 0) is 51.0 Å². The van der Waals surface area contributed by atoms with Crippen LogP contribution in [0.4, 0.5) is 11.4 Å². The number of aliphatic imine (C=N–C) groups is 2. The second-order valence-electron chi connectivity index (χ2n) is 5.45. The van der Waals surface area contributed by atoms with E-state index in [-0.39, 0.29) is 0 Å². The number of aryl methyl sites for hydroxylation is 2. The zero-order valence-corrected chi connectivity index (χ0v) is 13.2. The summed E-state index contributed by atoms with van der Waals surface area (Å²) in [6.07, 6.45) is 0.794. The SMILES string of the molecule is C/C(C/C(C)=N/c1c(C)cccc1C)=N/c1ccccc1. The third kappa shape index (κ3) is 4.38. The van der Waals surface area contributed by atoms with Crippen molar-refractivity contribution in [3.63, 3.8) is 0 Å². The molecule has 2 rings (SSSR count). The molecular weight excluding hydrogens is 256 g/mol. The molecule has 21 heavy (non-hydrogen) atoms. The molecule has 0 aromatic heterocycles. The third-order valence-corrected chi connectivity index (χ3v) is 3.33. The van der Waals surface area contributed by atoms with Gasteiger partial charge in [0.05, 0.1) is 11.4 Å². The van der Waals surface area contributed by atoms with Crippen LogP contribution in [0, 0.1) is 13.8 Å². The van der Waals surface area contributed by atoms with Gasteiger partial charge in [-0.3, -0.25) is 9.98 Å². The quantitative estimate of drug-likeness (QED) is 0.652. The van der Waals surface area contributed by atoms with Gasteiger partial charge in [-0.2, -0.15) is 0 Å². The van der Waals surface area contributed by atoms with Crippen LogP contribution in [0.2, 0.25) is 0 Å². The van der Waals surface area contributed by atoms with Crippen molar-refractivity contribution < 1.29 is 0 Å². The zero-order valence-electron chi connectivity index (χ0n) is 13.2.